The van der Waals surface area contributed by atoms with Crippen LogP contribution in [0.5, 0.6) is 11.5 Å². The second kappa shape index (κ2) is 8.81. The molecule has 3 heteroatoms. The molecule has 0 aromatic heterocycles. The van der Waals surface area contributed by atoms with E-state index in [4.69, 9.17) is 9.47 Å². The maximum atomic E-state index is 11.4. The molecule has 2 aromatic carbocycles. The number of ether oxygens (including phenoxy) is 2. The van der Waals surface area contributed by atoms with Crippen molar-refractivity contribution in [1.82, 2.24) is 0 Å². The molecule has 1 fully saturated rings. The van der Waals surface area contributed by atoms with Crippen LogP contribution in [0.2, 0.25) is 0 Å². The molecule has 0 unspecified atom stereocenters. The molecule has 1 aliphatic rings. The first-order valence-corrected chi connectivity index (χ1v) is 10.5. The maximum Gasteiger partial charge on any atom is 0.308 e. The molecular formula is C25H32O3. The Hall–Kier alpha value is -2.29. The third-order valence-corrected chi connectivity index (χ3v) is 6.17. The van der Waals surface area contributed by atoms with Gasteiger partial charge in [-0.25, -0.2) is 0 Å². The average molecular weight is 381 g/mol. The van der Waals surface area contributed by atoms with Crippen molar-refractivity contribution in [1.29, 1.82) is 0 Å². The molecule has 0 saturated heterocycles. The van der Waals surface area contributed by atoms with Crippen LogP contribution in [0, 0.1) is 0 Å². The van der Waals surface area contributed by atoms with Crippen LogP contribution in [-0.4, -0.2) is 13.1 Å². The first-order valence-electron chi connectivity index (χ1n) is 10.5. The summed E-state index contributed by atoms with van der Waals surface area (Å²) >= 11 is 0. The summed E-state index contributed by atoms with van der Waals surface area (Å²) in [5.74, 6) is 1.39. The summed E-state index contributed by atoms with van der Waals surface area (Å²) in [5.41, 5.74) is 5.10. The number of aryl methyl sites for hydroxylation is 2. The van der Waals surface area contributed by atoms with Crippen LogP contribution in [0.1, 0.15) is 75.1 Å². The van der Waals surface area contributed by atoms with E-state index in [1.807, 2.05) is 6.07 Å². The molecule has 0 atom stereocenters. The highest BCUT2D eigenvalue weighted by molar-refractivity contribution is 5.70. The van der Waals surface area contributed by atoms with Crippen molar-refractivity contribution in [3.8, 4) is 11.5 Å². The number of methoxy groups -OCH3 is 1. The summed E-state index contributed by atoms with van der Waals surface area (Å²) in [7, 11) is 1.74. The van der Waals surface area contributed by atoms with Gasteiger partial charge in [0.05, 0.1) is 7.11 Å². The highest BCUT2D eigenvalue weighted by atomic mass is 16.5. The molecule has 1 saturated carbocycles. The van der Waals surface area contributed by atoms with E-state index in [1.54, 1.807) is 7.11 Å². The van der Waals surface area contributed by atoms with Gasteiger partial charge in [0.1, 0.15) is 11.5 Å². The monoisotopic (exact) mass is 380 g/mol. The Morgan fingerprint density at radius 1 is 0.893 bits per heavy atom. The summed E-state index contributed by atoms with van der Waals surface area (Å²) in [5, 5.41) is 0. The third-order valence-electron chi connectivity index (χ3n) is 6.17. The van der Waals surface area contributed by atoms with Crippen molar-refractivity contribution in [2.24, 2.45) is 0 Å². The van der Waals surface area contributed by atoms with Gasteiger partial charge in [-0.2, -0.15) is 0 Å². The molecule has 0 bridgehead atoms. The Balaban J connectivity index is 2.11. The normalized spacial score (nSPS) is 15.9. The number of esters is 1. The molecule has 0 N–H and O–H groups in total. The minimum atomic E-state index is -0.266. The minimum Gasteiger partial charge on any atom is -0.496 e. The Morgan fingerprint density at radius 2 is 1.43 bits per heavy atom. The van der Waals surface area contributed by atoms with Crippen LogP contribution in [-0.2, 0) is 23.1 Å². The van der Waals surface area contributed by atoms with Gasteiger partial charge in [-0.15, -0.1) is 0 Å². The quantitative estimate of drug-likeness (QED) is 0.456. The van der Waals surface area contributed by atoms with Crippen molar-refractivity contribution < 1.29 is 14.3 Å². The number of benzene rings is 2. The van der Waals surface area contributed by atoms with Crippen LogP contribution < -0.4 is 9.47 Å². The van der Waals surface area contributed by atoms with Gasteiger partial charge >= 0.3 is 5.97 Å². The smallest absolute Gasteiger partial charge is 0.308 e. The average Bonchev–Trinajstić information content (AvgIpc) is 2.73. The molecule has 0 aliphatic heterocycles. The van der Waals surface area contributed by atoms with E-state index < -0.39 is 0 Å². The molecule has 0 heterocycles. The number of carbonyl (C=O) groups excluding carboxylic acids is 1. The topological polar surface area (TPSA) is 35.5 Å². The van der Waals surface area contributed by atoms with Crippen molar-refractivity contribution in [2.45, 2.75) is 71.1 Å². The number of hydrogen-bond acceptors (Lipinski definition) is 3. The summed E-state index contributed by atoms with van der Waals surface area (Å²) in [4.78, 5) is 11.4. The van der Waals surface area contributed by atoms with E-state index in [9.17, 15) is 4.79 Å². The van der Waals surface area contributed by atoms with Crippen LogP contribution in [0.4, 0.5) is 0 Å². The summed E-state index contributed by atoms with van der Waals surface area (Å²) in [6, 6.07) is 13.1. The molecule has 3 rings (SSSR count). The zero-order valence-corrected chi connectivity index (χ0v) is 17.6. The summed E-state index contributed by atoms with van der Waals surface area (Å²) < 4.78 is 11.0. The SMILES string of the molecule is CCc1cc(C2(c3ccc(OC(C)=O)c(CC)c3)CCCCC2)ccc1OC. The molecule has 0 spiro atoms. The third kappa shape index (κ3) is 3.94. The predicted octanol–water partition coefficient (Wildman–Crippen LogP) is 6.00. The fraction of sp³-hybridized carbons (Fsp3) is 0.480. The second-order valence-corrected chi connectivity index (χ2v) is 7.79. The zero-order chi connectivity index (χ0) is 20.1. The largest absolute Gasteiger partial charge is 0.496 e. The van der Waals surface area contributed by atoms with E-state index in [0.29, 0.717) is 5.75 Å². The molecule has 0 radical (unpaired) electrons. The lowest BCUT2D eigenvalue weighted by Gasteiger charge is -2.39. The molecule has 150 valence electrons. The first-order chi connectivity index (χ1) is 13.5. The van der Waals surface area contributed by atoms with Crippen molar-refractivity contribution in [3.05, 3.63) is 58.7 Å². The minimum absolute atomic E-state index is 0.0209. The van der Waals surface area contributed by atoms with Gasteiger partial charge in [-0.3, -0.25) is 4.79 Å². The number of hydrogen-bond donors (Lipinski definition) is 0. The van der Waals surface area contributed by atoms with Gasteiger partial charge < -0.3 is 9.47 Å². The molecular weight excluding hydrogens is 348 g/mol. The first kappa shape index (κ1) is 20.4. The Kier molecular flexibility index (Phi) is 6.43. The molecule has 1 aliphatic carbocycles. The van der Waals surface area contributed by atoms with E-state index in [1.165, 1.54) is 42.9 Å². The van der Waals surface area contributed by atoms with Crippen LogP contribution in [0.3, 0.4) is 0 Å². The van der Waals surface area contributed by atoms with Crippen molar-refractivity contribution in [2.75, 3.05) is 7.11 Å². The number of carbonyl (C=O) groups is 1. The summed E-state index contributed by atoms with van der Waals surface area (Å²) in [6.07, 6.45) is 7.87. The zero-order valence-electron chi connectivity index (χ0n) is 17.6. The van der Waals surface area contributed by atoms with E-state index in [-0.39, 0.29) is 11.4 Å². The second-order valence-electron chi connectivity index (χ2n) is 7.79. The highest BCUT2D eigenvalue weighted by Crippen LogP contribution is 2.46. The summed E-state index contributed by atoms with van der Waals surface area (Å²) in [6.45, 7) is 5.75. The fourth-order valence-corrected chi connectivity index (χ4v) is 4.66. The Bertz CT molecular complexity index is 832. The van der Waals surface area contributed by atoms with Crippen molar-refractivity contribution >= 4 is 5.97 Å². The Morgan fingerprint density at radius 3 is 1.93 bits per heavy atom. The van der Waals surface area contributed by atoms with Gasteiger partial charge in [-0.05, 0) is 60.1 Å². The van der Waals surface area contributed by atoms with Crippen molar-refractivity contribution in [3.63, 3.8) is 0 Å². The lowest BCUT2D eigenvalue weighted by molar-refractivity contribution is -0.131. The van der Waals surface area contributed by atoms with Gasteiger partial charge in [0.15, 0.2) is 0 Å². The van der Waals surface area contributed by atoms with Gasteiger partial charge in [-0.1, -0.05) is 57.4 Å². The fourth-order valence-electron chi connectivity index (χ4n) is 4.66. The lowest BCUT2D eigenvalue weighted by Crippen LogP contribution is -2.31. The van der Waals surface area contributed by atoms with Crippen LogP contribution in [0.25, 0.3) is 0 Å². The van der Waals surface area contributed by atoms with E-state index in [0.717, 1.165) is 37.0 Å². The van der Waals surface area contributed by atoms with Gasteiger partial charge in [0, 0.05) is 12.3 Å². The molecule has 28 heavy (non-hydrogen) atoms. The molecule has 0 amide bonds. The molecule has 2 aromatic rings. The molecule has 3 nitrogen and oxygen atoms in total. The standard InChI is InChI=1S/C25H32O3/c1-5-19-16-21(10-12-23(19)27-4)25(14-8-7-9-15-25)22-11-13-24(28-18(3)26)20(6-2)17-22/h10-13,16-17H,5-9,14-15H2,1-4H3. The van der Waals surface area contributed by atoms with E-state index in [2.05, 4.69) is 44.2 Å². The lowest BCUT2D eigenvalue weighted by atomic mass is 9.65. The Labute approximate surface area is 169 Å². The van der Waals surface area contributed by atoms with Crippen LogP contribution in [0.15, 0.2) is 36.4 Å². The maximum absolute atomic E-state index is 11.4. The van der Waals surface area contributed by atoms with Gasteiger partial charge in [0.25, 0.3) is 0 Å². The van der Waals surface area contributed by atoms with Crippen LogP contribution >= 0.6 is 0 Å². The number of rotatable bonds is 6. The van der Waals surface area contributed by atoms with E-state index >= 15 is 0 Å². The predicted molar refractivity (Wildman–Crippen MR) is 113 cm³/mol. The highest BCUT2D eigenvalue weighted by Gasteiger charge is 2.36. The van der Waals surface area contributed by atoms with Gasteiger partial charge in [0.2, 0.25) is 0 Å².